The van der Waals surface area contributed by atoms with E-state index in [4.69, 9.17) is 0 Å². The maximum Gasteiger partial charge on any atom is 0.229 e. The molecule has 36 heavy (non-hydrogen) atoms. The van der Waals surface area contributed by atoms with Crippen molar-refractivity contribution in [2.75, 3.05) is 38.0 Å². The molecular formula is C26H28F2N8. The molecule has 6 rings (SSSR count). The zero-order valence-electron chi connectivity index (χ0n) is 20.1. The lowest BCUT2D eigenvalue weighted by Crippen LogP contribution is -2.45. The molecule has 4 heterocycles. The molecule has 4 aromatic rings. The number of hydrogen-bond acceptors (Lipinski definition) is 7. The molecular weight excluding hydrogens is 462 g/mol. The molecule has 1 saturated heterocycles. The van der Waals surface area contributed by atoms with Gasteiger partial charge in [0.1, 0.15) is 17.0 Å². The van der Waals surface area contributed by atoms with Crippen LogP contribution in [0.5, 0.6) is 0 Å². The summed E-state index contributed by atoms with van der Waals surface area (Å²) in [6.07, 6.45) is 5.01. The van der Waals surface area contributed by atoms with Crippen LogP contribution in [0.15, 0.2) is 36.7 Å². The Morgan fingerprint density at radius 2 is 1.81 bits per heavy atom. The third-order valence-corrected chi connectivity index (χ3v) is 7.03. The number of nitrogens with zero attached hydrogens (tertiary/aromatic N) is 6. The van der Waals surface area contributed by atoms with Crippen molar-refractivity contribution in [1.82, 2.24) is 34.9 Å². The predicted octanol–water partition coefficient (Wildman–Crippen LogP) is 4.45. The number of nitrogens with one attached hydrogen (secondary N) is 2. The van der Waals surface area contributed by atoms with E-state index in [1.807, 2.05) is 18.3 Å². The fourth-order valence-corrected chi connectivity index (χ4v) is 4.77. The molecule has 0 unspecified atom stereocenters. The summed E-state index contributed by atoms with van der Waals surface area (Å²) in [4.78, 5) is 17.8. The number of fused-ring (bicyclic) bond motifs is 1. The van der Waals surface area contributed by atoms with E-state index >= 15 is 0 Å². The average molecular weight is 491 g/mol. The molecule has 186 valence electrons. The van der Waals surface area contributed by atoms with Gasteiger partial charge in [-0.3, -0.25) is 10.00 Å². The maximum atomic E-state index is 14.8. The first-order valence-corrected chi connectivity index (χ1v) is 12.4. The molecule has 1 saturated carbocycles. The van der Waals surface area contributed by atoms with Crippen LogP contribution in [0.3, 0.4) is 0 Å². The molecule has 0 spiro atoms. The summed E-state index contributed by atoms with van der Waals surface area (Å²) in [7, 11) is 0. The Morgan fingerprint density at radius 3 is 2.53 bits per heavy atom. The summed E-state index contributed by atoms with van der Waals surface area (Å²) in [5.41, 5.74) is 2.67. The van der Waals surface area contributed by atoms with Crippen LogP contribution in [0, 0.1) is 11.6 Å². The Hall–Kier alpha value is -3.50. The number of aromatic nitrogens is 5. The second-order valence-corrected chi connectivity index (χ2v) is 9.54. The molecule has 2 N–H and O–H groups in total. The fourth-order valence-electron chi connectivity index (χ4n) is 4.77. The summed E-state index contributed by atoms with van der Waals surface area (Å²) in [6.45, 7) is 8.42. The van der Waals surface area contributed by atoms with Crippen LogP contribution < -0.4 is 5.32 Å². The van der Waals surface area contributed by atoms with Gasteiger partial charge in [-0.1, -0.05) is 13.0 Å². The van der Waals surface area contributed by atoms with E-state index < -0.39 is 11.6 Å². The molecule has 2 aliphatic rings. The first-order valence-electron chi connectivity index (χ1n) is 12.4. The molecule has 8 nitrogen and oxygen atoms in total. The van der Waals surface area contributed by atoms with Gasteiger partial charge in [0.2, 0.25) is 5.95 Å². The highest BCUT2D eigenvalue weighted by Crippen LogP contribution is 2.43. The highest BCUT2D eigenvalue weighted by atomic mass is 19.1. The minimum atomic E-state index is -0.623. The van der Waals surface area contributed by atoms with Crippen molar-refractivity contribution >= 4 is 22.7 Å². The predicted molar refractivity (Wildman–Crippen MR) is 134 cm³/mol. The van der Waals surface area contributed by atoms with Gasteiger partial charge in [-0.2, -0.15) is 5.10 Å². The number of hydrogen-bond donors (Lipinski definition) is 2. The summed E-state index contributed by atoms with van der Waals surface area (Å²) in [5, 5.41) is 10.8. The lowest BCUT2D eigenvalue weighted by atomic mass is 10.1. The highest BCUT2D eigenvalue weighted by Gasteiger charge is 2.28. The van der Waals surface area contributed by atoms with E-state index in [1.165, 1.54) is 6.07 Å². The zero-order valence-corrected chi connectivity index (χ0v) is 20.1. The van der Waals surface area contributed by atoms with Crippen LogP contribution in [0.2, 0.25) is 0 Å². The van der Waals surface area contributed by atoms with E-state index in [2.05, 4.69) is 47.2 Å². The molecule has 1 aliphatic heterocycles. The standard InChI is InChI=1S/C26H28F2N8/c1-2-35-7-9-36(10-8-35)15-16-3-6-22(29-13-16)31-26-30-14-21(28)24(32-26)18-11-19-23(17-4-5-17)33-34-25(19)20(27)12-18/h3,6,11-14,17H,2,4-5,7-10,15H2,1H3,(H,33,34)(H,29,30,31,32). The molecule has 1 aliphatic carbocycles. The van der Waals surface area contributed by atoms with Gasteiger partial charge in [0.15, 0.2) is 11.6 Å². The van der Waals surface area contributed by atoms with E-state index in [9.17, 15) is 8.78 Å². The Labute approximate surface area is 207 Å². The SMILES string of the molecule is CCN1CCN(Cc2ccc(Nc3ncc(F)c(-c4cc(F)c5n[nH]c(C6CC6)c5c4)n3)nc2)CC1. The molecule has 2 fully saturated rings. The number of rotatable bonds is 7. The Kier molecular flexibility index (Phi) is 6.06. The van der Waals surface area contributed by atoms with Crippen molar-refractivity contribution in [1.29, 1.82) is 0 Å². The summed E-state index contributed by atoms with van der Waals surface area (Å²) < 4.78 is 29.5. The minimum absolute atomic E-state index is 0.0269. The largest absolute Gasteiger partial charge is 0.309 e. The van der Waals surface area contributed by atoms with Crippen LogP contribution in [0.1, 0.15) is 36.9 Å². The highest BCUT2D eigenvalue weighted by molar-refractivity contribution is 5.87. The molecule has 1 aromatic carbocycles. The number of piperazine rings is 1. The van der Waals surface area contributed by atoms with E-state index in [0.29, 0.717) is 22.7 Å². The third-order valence-electron chi connectivity index (χ3n) is 7.03. The number of halogens is 2. The van der Waals surface area contributed by atoms with Crippen molar-refractivity contribution < 1.29 is 8.78 Å². The first kappa shape index (κ1) is 22.9. The van der Waals surface area contributed by atoms with E-state index in [-0.39, 0.29) is 17.2 Å². The second kappa shape index (κ2) is 9.51. The lowest BCUT2D eigenvalue weighted by Gasteiger charge is -2.33. The topological polar surface area (TPSA) is 85.9 Å². The minimum Gasteiger partial charge on any atom is -0.309 e. The van der Waals surface area contributed by atoms with Crippen LogP contribution in [-0.4, -0.2) is 67.7 Å². The van der Waals surface area contributed by atoms with Gasteiger partial charge in [-0.25, -0.2) is 23.7 Å². The third kappa shape index (κ3) is 4.66. The number of benzene rings is 1. The molecule has 0 radical (unpaired) electrons. The monoisotopic (exact) mass is 490 g/mol. The fraction of sp³-hybridized carbons (Fsp3) is 0.385. The first-order chi connectivity index (χ1) is 17.6. The normalized spacial score (nSPS) is 17.1. The van der Waals surface area contributed by atoms with Crippen LogP contribution in [0.25, 0.3) is 22.2 Å². The number of aromatic amines is 1. The van der Waals surface area contributed by atoms with Gasteiger partial charge in [0.05, 0.1) is 6.20 Å². The van der Waals surface area contributed by atoms with E-state index in [1.54, 1.807) is 6.07 Å². The smallest absolute Gasteiger partial charge is 0.229 e. The zero-order chi connectivity index (χ0) is 24.6. The van der Waals surface area contributed by atoms with Gasteiger partial charge < -0.3 is 10.2 Å². The van der Waals surface area contributed by atoms with Crippen molar-refractivity contribution in [3.8, 4) is 11.3 Å². The Bertz CT molecular complexity index is 1370. The van der Waals surface area contributed by atoms with E-state index in [0.717, 1.165) is 69.6 Å². The average Bonchev–Trinajstić information content (AvgIpc) is 3.65. The Balaban J connectivity index is 1.19. The van der Waals surface area contributed by atoms with Gasteiger partial charge in [0, 0.05) is 61.5 Å². The quantitative estimate of drug-likeness (QED) is 0.396. The molecule has 0 bridgehead atoms. The van der Waals surface area contributed by atoms with Gasteiger partial charge >= 0.3 is 0 Å². The van der Waals surface area contributed by atoms with Gasteiger partial charge in [-0.15, -0.1) is 0 Å². The summed E-state index contributed by atoms with van der Waals surface area (Å²) in [6, 6.07) is 6.90. The van der Waals surface area contributed by atoms with Gasteiger partial charge in [0.25, 0.3) is 0 Å². The number of anilines is 2. The van der Waals surface area contributed by atoms with Crippen LogP contribution in [0.4, 0.5) is 20.5 Å². The molecule has 3 aromatic heterocycles. The summed E-state index contributed by atoms with van der Waals surface area (Å²) >= 11 is 0. The van der Waals surface area contributed by atoms with Crippen molar-refractivity contribution in [3.05, 3.63) is 59.6 Å². The molecule has 0 atom stereocenters. The molecule has 10 heteroatoms. The lowest BCUT2D eigenvalue weighted by molar-refractivity contribution is 0.132. The Morgan fingerprint density at radius 1 is 1.00 bits per heavy atom. The second-order valence-electron chi connectivity index (χ2n) is 9.54. The van der Waals surface area contributed by atoms with Crippen LogP contribution >= 0.6 is 0 Å². The van der Waals surface area contributed by atoms with Crippen LogP contribution in [-0.2, 0) is 6.54 Å². The van der Waals surface area contributed by atoms with Crippen molar-refractivity contribution in [3.63, 3.8) is 0 Å². The van der Waals surface area contributed by atoms with Crippen molar-refractivity contribution in [2.45, 2.75) is 32.2 Å². The van der Waals surface area contributed by atoms with Crippen molar-refractivity contribution in [2.24, 2.45) is 0 Å². The summed E-state index contributed by atoms with van der Waals surface area (Å²) in [5.74, 6) is -0.0297. The number of H-pyrrole nitrogens is 1. The van der Waals surface area contributed by atoms with Gasteiger partial charge in [-0.05, 0) is 43.1 Å². The number of likely N-dealkylation sites (N-methyl/N-ethyl adjacent to an activating group) is 1. The maximum absolute atomic E-state index is 14.8. The number of pyridine rings is 1. The molecule has 0 amide bonds.